The van der Waals surface area contributed by atoms with Crippen LogP contribution < -0.4 is 9.78 Å². The number of nitrogens with zero attached hydrogens (tertiary/aromatic N) is 2. The topological polar surface area (TPSA) is 81.5 Å². The van der Waals surface area contributed by atoms with E-state index in [1.165, 1.54) is 24.5 Å². The van der Waals surface area contributed by atoms with E-state index in [4.69, 9.17) is 14.9 Å². The molecular weight excluding hydrogens is 224 g/mol. The number of hydrogen-bond donors (Lipinski definition) is 1. The van der Waals surface area contributed by atoms with Crippen molar-refractivity contribution in [3.8, 4) is 11.8 Å². The molecule has 6 nitrogen and oxygen atoms in total. The average molecular weight is 232 g/mol. The number of hydrogen-bond acceptors (Lipinski definition) is 5. The first-order valence-corrected chi connectivity index (χ1v) is 4.71. The summed E-state index contributed by atoms with van der Waals surface area (Å²) in [6.07, 6.45) is 2.96. The van der Waals surface area contributed by atoms with Gasteiger partial charge in [0.25, 0.3) is 0 Å². The predicted molar refractivity (Wildman–Crippen MR) is 56.7 cm³/mol. The lowest BCUT2D eigenvalue weighted by Gasteiger charge is -2.05. The number of benzene rings is 1. The van der Waals surface area contributed by atoms with Crippen LogP contribution in [-0.4, -0.2) is 21.0 Å². The molecule has 0 saturated heterocycles. The number of aromatic nitrogens is 2. The van der Waals surface area contributed by atoms with Gasteiger partial charge in [0.1, 0.15) is 5.56 Å². The molecule has 1 N–H and O–H groups in total. The predicted octanol–water partition coefficient (Wildman–Crippen LogP) is 1.55. The fourth-order valence-corrected chi connectivity index (χ4v) is 1.13. The SMILES string of the molecule is O=C(O)c1ccccc1OOc1ncccn1. The number of carboxylic acids is 1. The molecule has 0 spiro atoms. The Balaban J connectivity index is 2.12. The van der Waals surface area contributed by atoms with Gasteiger partial charge in [-0.05, 0) is 18.2 Å². The van der Waals surface area contributed by atoms with E-state index in [0.29, 0.717) is 0 Å². The molecule has 0 aliphatic carbocycles. The van der Waals surface area contributed by atoms with Crippen molar-refractivity contribution in [1.29, 1.82) is 0 Å². The second-order valence-corrected chi connectivity index (χ2v) is 3.00. The van der Waals surface area contributed by atoms with Crippen LogP contribution in [0.2, 0.25) is 0 Å². The monoisotopic (exact) mass is 232 g/mol. The standard InChI is InChI=1S/C11H8N2O4/c14-10(15)8-4-1-2-5-9(8)16-17-11-12-6-3-7-13-11/h1-7H,(H,14,15). The maximum absolute atomic E-state index is 10.9. The summed E-state index contributed by atoms with van der Waals surface area (Å²) in [5.74, 6) is -1.01. The molecule has 0 fully saturated rings. The first-order valence-electron chi connectivity index (χ1n) is 4.71. The zero-order valence-electron chi connectivity index (χ0n) is 8.61. The van der Waals surface area contributed by atoms with Crippen molar-refractivity contribution >= 4 is 5.97 Å². The first-order chi connectivity index (χ1) is 8.27. The third-order valence-electron chi connectivity index (χ3n) is 1.87. The molecule has 0 bridgehead atoms. The molecule has 86 valence electrons. The molecule has 1 aromatic carbocycles. The molecule has 17 heavy (non-hydrogen) atoms. The van der Waals surface area contributed by atoms with E-state index in [1.54, 1.807) is 18.2 Å². The van der Waals surface area contributed by atoms with Crippen LogP contribution in [0.4, 0.5) is 0 Å². The molecule has 0 saturated carbocycles. The second kappa shape index (κ2) is 4.93. The summed E-state index contributed by atoms with van der Waals surface area (Å²) in [4.78, 5) is 28.1. The molecule has 0 atom stereocenters. The van der Waals surface area contributed by atoms with Crippen LogP contribution in [0.25, 0.3) is 0 Å². The summed E-state index contributed by atoms with van der Waals surface area (Å²) in [5, 5.41) is 8.90. The van der Waals surface area contributed by atoms with Gasteiger partial charge >= 0.3 is 12.0 Å². The minimum absolute atomic E-state index is 0.00318. The van der Waals surface area contributed by atoms with Crippen LogP contribution in [0.1, 0.15) is 10.4 Å². The molecule has 0 aliphatic heterocycles. The lowest BCUT2D eigenvalue weighted by atomic mass is 10.2. The zero-order valence-corrected chi connectivity index (χ0v) is 8.61. The normalized spacial score (nSPS) is 9.65. The van der Waals surface area contributed by atoms with E-state index in [1.807, 2.05) is 0 Å². The number of carbonyl (C=O) groups is 1. The van der Waals surface area contributed by atoms with E-state index < -0.39 is 5.97 Å². The van der Waals surface area contributed by atoms with E-state index in [0.717, 1.165) is 0 Å². The van der Waals surface area contributed by atoms with Crippen molar-refractivity contribution in [3.63, 3.8) is 0 Å². The van der Waals surface area contributed by atoms with E-state index >= 15 is 0 Å². The zero-order chi connectivity index (χ0) is 12.1. The molecule has 0 amide bonds. The molecular formula is C11H8N2O4. The van der Waals surface area contributed by atoms with Gasteiger partial charge < -0.3 is 5.11 Å². The molecule has 1 heterocycles. The highest BCUT2D eigenvalue weighted by Gasteiger charge is 2.11. The molecule has 1 aromatic heterocycles. The van der Waals surface area contributed by atoms with Crippen LogP contribution in [0.15, 0.2) is 42.7 Å². The Hall–Kier alpha value is -2.63. The summed E-state index contributed by atoms with van der Waals surface area (Å²) in [6, 6.07) is 7.75. The third kappa shape index (κ3) is 2.69. The summed E-state index contributed by atoms with van der Waals surface area (Å²) in [6.45, 7) is 0. The van der Waals surface area contributed by atoms with Crippen molar-refractivity contribution in [2.75, 3.05) is 0 Å². The number of aromatic carboxylic acids is 1. The van der Waals surface area contributed by atoms with Gasteiger partial charge in [-0.25, -0.2) is 19.7 Å². The highest BCUT2D eigenvalue weighted by atomic mass is 17.2. The molecule has 2 aromatic rings. The highest BCUT2D eigenvalue weighted by molar-refractivity contribution is 5.90. The van der Waals surface area contributed by atoms with E-state index in [2.05, 4.69) is 9.97 Å². The van der Waals surface area contributed by atoms with Crippen molar-refractivity contribution in [3.05, 3.63) is 48.3 Å². The molecule has 0 unspecified atom stereocenters. The van der Waals surface area contributed by atoms with Gasteiger partial charge in [0, 0.05) is 12.4 Å². The van der Waals surface area contributed by atoms with Crippen LogP contribution >= 0.6 is 0 Å². The third-order valence-corrected chi connectivity index (χ3v) is 1.87. The van der Waals surface area contributed by atoms with Crippen molar-refractivity contribution < 1.29 is 19.7 Å². The fourth-order valence-electron chi connectivity index (χ4n) is 1.13. The van der Waals surface area contributed by atoms with Crippen LogP contribution in [0.3, 0.4) is 0 Å². The lowest BCUT2D eigenvalue weighted by molar-refractivity contribution is -0.109. The summed E-state index contributed by atoms with van der Waals surface area (Å²) in [7, 11) is 0. The van der Waals surface area contributed by atoms with Gasteiger partial charge in [0.2, 0.25) is 0 Å². The minimum Gasteiger partial charge on any atom is -0.478 e. The molecule has 0 radical (unpaired) electrons. The molecule has 2 rings (SSSR count). The quantitative estimate of drug-likeness (QED) is 0.636. The van der Waals surface area contributed by atoms with E-state index in [-0.39, 0.29) is 17.3 Å². The van der Waals surface area contributed by atoms with Crippen molar-refractivity contribution in [1.82, 2.24) is 9.97 Å². The number of rotatable bonds is 4. The Bertz CT molecular complexity index is 516. The number of para-hydroxylation sites is 1. The molecule has 6 heteroatoms. The summed E-state index contributed by atoms with van der Waals surface area (Å²) >= 11 is 0. The van der Waals surface area contributed by atoms with Gasteiger partial charge in [-0.1, -0.05) is 12.1 Å². The largest absolute Gasteiger partial charge is 0.478 e. The Morgan fingerprint density at radius 3 is 2.47 bits per heavy atom. The fraction of sp³-hybridized carbons (Fsp3) is 0. The first kappa shape index (κ1) is 10.9. The Kier molecular flexibility index (Phi) is 3.15. The Labute approximate surface area is 96.4 Å². The Morgan fingerprint density at radius 1 is 1.06 bits per heavy atom. The van der Waals surface area contributed by atoms with Crippen molar-refractivity contribution in [2.24, 2.45) is 0 Å². The Morgan fingerprint density at radius 2 is 1.76 bits per heavy atom. The summed E-state index contributed by atoms with van der Waals surface area (Å²) in [5.41, 5.74) is 0.00318. The van der Waals surface area contributed by atoms with Crippen molar-refractivity contribution in [2.45, 2.75) is 0 Å². The minimum atomic E-state index is -1.10. The van der Waals surface area contributed by atoms with Crippen LogP contribution in [-0.2, 0) is 0 Å². The van der Waals surface area contributed by atoms with Gasteiger partial charge in [0.15, 0.2) is 5.75 Å². The lowest BCUT2D eigenvalue weighted by Crippen LogP contribution is -2.07. The van der Waals surface area contributed by atoms with E-state index in [9.17, 15) is 4.79 Å². The second-order valence-electron chi connectivity index (χ2n) is 3.00. The van der Waals surface area contributed by atoms with Gasteiger partial charge in [-0.2, -0.15) is 0 Å². The highest BCUT2D eigenvalue weighted by Crippen LogP contribution is 2.18. The van der Waals surface area contributed by atoms with Crippen LogP contribution in [0.5, 0.6) is 11.8 Å². The number of carboxylic acid groups (broad SMARTS) is 1. The van der Waals surface area contributed by atoms with Gasteiger partial charge in [0.05, 0.1) is 0 Å². The maximum Gasteiger partial charge on any atom is 0.366 e. The van der Waals surface area contributed by atoms with Gasteiger partial charge in [-0.15, -0.1) is 0 Å². The summed E-state index contributed by atoms with van der Waals surface area (Å²) < 4.78 is 0. The smallest absolute Gasteiger partial charge is 0.366 e. The van der Waals surface area contributed by atoms with Gasteiger partial charge in [-0.3, -0.25) is 4.89 Å². The molecule has 0 aliphatic rings. The average Bonchev–Trinajstić information content (AvgIpc) is 2.38. The van der Waals surface area contributed by atoms with Crippen LogP contribution in [0, 0.1) is 0 Å². The maximum atomic E-state index is 10.9.